The Kier molecular flexibility index (Phi) is 15.2. The molecule has 0 spiro atoms. The van der Waals surface area contributed by atoms with E-state index in [2.05, 4.69) is 44.4 Å². The molecule has 1 N–H and O–H groups in total. The molecule has 0 saturated heterocycles. The Bertz CT molecular complexity index is 613. The standard InChI is InChI=1S/C10H8O.C5H5.C2H6Si.2ClH.Ti/c11-10-6-5-8-3-1-2-4-9(8)7-10;1-2-4-5-3-1;1-3-2;;;/h1-7,11H;1-3H,4H2;1-2H3;2*1H;/q;-1;;;;+2/p-2. The molecule has 2 aromatic rings. The molecule has 0 saturated carbocycles. The van der Waals surface area contributed by atoms with Gasteiger partial charge in [0.1, 0.15) is 5.75 Å². The van der Waals surface area contributed by atoms with Gasteiger partial charge in [0.15, 0.2) is 0 Å². The molecule has 0 radical (unpaired) electrons. The van der Waals surface area contributed by atoms with E-state index < -0.39 is 0 Å². The van der Waals surface area contributed by atoms with Gasteiger partial charge in [-0.2, -0.15) is 6.08 Å². The molecule has 0 heterocycles. The summed E-state index contributed by atoms with van der Waals surface area (Å²) >= 11 is 2.27. The fraction of sp³-hybridized carbons (Fsp3) is 0.176. The second-order valence-corrected chi connectivity index (χ2v) is 11.2. The number of aromatic hydroxyl groups is 1. The zero-order chi connectivity index (χ0) is 14.8. The first-order chi connectivity index (χ1) is 9.59. The molecule has 116 valence electrons. The van der Waals surface area contributed by atoms with Gasteiger partial charge in [-0.25, -0.2) is 12.2 Å². The molecule has 0 amide bonds. The summed E-state index contributed by atoms with van der Waals surface area (Å²) in [4.78, 5) is 0. The van der Waals surface area contributed by atoms with E-state index in [9.17, 15) is 0 Å². The van der Waals surface area contributed by atoms with E-state index in [1.165, 1.54) is 0 Å². The minimum absolute atomic E-state index is 0. The van der Waals surface area contributed by atoms with E-state index in [-0.39, 0.29) is 31.0 Å². The van der Waals surface area contributed by atoms with Gasteiger partial charge in [0.05, 0.1) is 0 Å². The molecule has 0 aromatic heterocycles. The van der Waals surface area contributed by atoms with Gasteiger partial charge in [-0.15, -0.1) is 6.42 Å². The van der Waals surface area contributed by atoms with Crippen molar-refractivity contribution in [1.82, 2.24) is 0 Å². The molecular weight excluding hydrogens is 367 g/mol. The van der Waals surface area contributed by atoms with Crippen molar-refractivity contribution in [3.8, 4) is 5.75 Å². The minimum Gasteiger partial charge on any atom is -1.00 e. The van der Waals surface area contributed by atoms with Crippen molar-refractivity contribution >= 4 is 17.0 Å². The third-order valence-corrected chi connectivity index (χ3v) is 2.32. The van der Waals surface area contributed by atoms with Crippen LogP contribution in [0.2, 0.25) is 13.1 Å². The average molecular weight is 386 g/mol. The molecule has 0 bridgehead atoms. The Morgan fingerprint density at radius 3 is 2.09 bits per heavy atom. The SMILES string of the molecule is C[Si](C)=[Ti+2].Oc1ccc2ccccc2c1.[C-]1=CC=CC1.[Cl-].[Cl-]. The van der Waals surface area contributed by atoms with Gasteiger partial charge in [-0.05, 0) is 22.9 Å². The Hall–Kier alpha value is -0.509. The third-order valence-electron chi connectivity index (χ3n) is 2.32. The summed E-state index contributed by atoms with van der Waals surface area (Å²) in [6.45, 7) is 4.54. The number of halogens is 2. The van der Waals surface area contributed by atoms with Crippen LogP contribution in [-0.2, 0) is 19.2 Å². The fourth-order valence-corrected chi connectivity index (χ4v) is 1.52. The quantitative estimate of drug-likeness (QED) is 0.439. The molecule has 3 rings (SSSR count). The average Bonchev–Trinajstić information content (AvgIpc) is 2.97. The predicted octanol–water partition coefficient (Wildman–Crippen LogP) is -1.36. The van der Waals surface area contributed by atoms with Crippen LogP contribution in [0.1, 0.15) is 6.42 Å². The summed E-state index contributed by atoms with van der Waals surface area (Å²) in [6.07, 6.45) is 10.1. The number of benzene rings is 2. The van der Waals surface area contributed by atoms with Crippen LogP contribution in [0, 0.1) is 6.08 Å². The molecule has 5 heteroatoms. The second kappa shape index (κ2) is 14.1. The van der Waals surface area contributed by atoms with E-state index in [1.54, 1.807) is 12.1 Å². The molecule has 1 aliphatic rings. The van der Waals surface area contributed by atoms with Crippen LogP contribution < -0.4 is 24.8 Å². The first kappa shape index (κ1) is 23.8. The predicted molar refractivity (Wildman–Crippen MR) is 84.7 cm³/mol. The number of phenolic OH excluding ortho intramolecular Hbond substituents is 1. The number of fused-ring (bicyclic) bond motifs is 1. The van der Waals surface area contributed by atoms with E-state index in [0.29, 0.717) is 5.75 Å². The number of rotatable bonds is 0. The minimum atomic E-state index is 0. The van der Waals surface area contributed by atoms with Crippen molar-refractivity contribution in [2.24, 2.45) is 0 Å². The Morgan fingerprint density at radius 1 is 1.05 bits per heavy atom. The maximum atomic E-state index is 9.13. The van der Waals surface area contributed by atoms with E-state index in [0.717, 1.165) is 17.2 Å². The van der Waals surface area contributed by atoms with Crippen molar-refractivity contribution in [2.75, 3.05) is 0 Å². The first-order valence-electron chi connectivity index (χ1n) is 6.51. The van der Waals surface area contributed by atoms with Gasteiger partial charge >= 0.3 is 38.5 Å². The molecule has 0 aliphatic heterocycles. The number of hydrogen-bond acceptors (Lipinski definition) is 1. The summed E-state index contributed by atoms with van der Waals surface area (Å²) in [5.74, 6) is 0.323. The summed E-state index contributed by atoms with van der Waals surface area (Å²) in [6, 6.07) is 13.3. The number of hydrogen-bond donors (Lipinski definition) is 1. The zero-order valence-corrected chi connectivity index (χ0v) is 16.8. The largest absolute Gasteiger partial charge is 1.00 e. The summed E-state index contributed by atoms with van der Waals surface area (Å²) in [5.41, 5.74) is 0. The monoisotopic (exact) mass is 385 g/mol. The van der Waals surface area contributed by atoms with Gasteiger partial charge in [0, 0.05) is 0 Å². The first-order valence-corrected chi connectivity index (χ1v) is 11.3. The molecule has 0 atom stereocenters. The van der Waals surface area contributed by atoms with Crippen LogP contribution in [0.4, 0.5) is 0 Å². The van der Waals surface area contributed by atoms with Crippen LogP contribution in [0.25, 0.3) is 10.8 Å². The maximum absolute atomic E-state index is 9.13. The van der Waals surface area contributed by atoms with Gasteiger partial charge in [0.2, 0.25) is 0 Å². The van der Waals surface area contributed by atoms with Crippen molar-refractivity contribution in [2.45, 2.75) is 19.5 Å². The van der Waals surface area contributed by atoms with Crippen molar-refractivity contribution in [1.29, 1.82) is 0 Å². The van der Waals surface area contributed by atoms with Gasteiger partial charge in [0.25, 0.3) is 0 Å². The Labute approximate surface area is 157 Å². The summed E-state index contributed by atoms with van der Waals surface area (Å²) in [5, 5.41) is 11.4. The normalized spacial score (nSPS) is 10.4. The molecule has 0 unspecified atom stereocenters. The molecule has 2 aromatic carbocycles. The van der Waals surface area contributed by atoms with Crippen molar-refractivity contribution in [3.05, 3.63) is 66.8 Å². The zero-order valence-electron chi connectivity index (χ0n) is 12.7. The van der Waals surface area contributed by atoms with Gasteiger partial charge in [-0.3, -0.25) is 6.08 Å². The summed E-state index contributed by atoms with van der Waals surface area (Å²) < 4.78 is 0. The Balaban J connectivity index is 0. The second-order valence-electron chi connectivity index (χ2n) is 4.53. The molecule has 1 aliphatic carbocycles. The fourth-order valence-electron chi connectivity index (χ4n) is 1.52. The van der Waals surface area contributed by atoms with Crippen LogP contribution in [0.5, 0.6) is 5.75 Å². The van der Waals surface area contributed by atoms with E-state index in [4.69, 9.17) is 5.11 Å². The third kappa shape index (κ3) is 11.1. The number of allylic oxidation sites excluding steroid dienone is 4. The van der Waals surface area contributed by atoms with Gasteiger partial charge < -0.3 is 29.9 Å². The summed E-state index contributed by atoms with van der Waals surface area (Å²) in [7, 11) is 0. The smallest absolute Gasteiger partial charge is 0.116 e. The molecule has 0 fully saturated rings. The van der Waals surface area contributed by atoms with Crippen LogP contribution in [0.3, 0.4) is 0 Å². The van der Waals surface area contributed by atoms with Crippen LogP contribution >= 0.6 is 0 Å². The molecule has 1 nitrogen and oxygen atoms in total. The molecule has 22 heavy (non-hydrogen) atoms. The van der Waals surface area contributed by atoms with Crippen molar-refractivity contribution < 1.29 is 49.1 Å². The van der Waals surface area contributed by atoms with E-state index >= 15 is 0 Å². The topological polar surface area (TPSA) is 20.2 Å². The Morgan fingerprint density at radius 2 is 1.64 bits per heavy atom. The molecular formula is C17H19Cl2OSiTi-. The van der Waals surface area contributed by atoms with Gasteiger partial charge in [-0.1, -0.05) is 30.3 Å². The van der Waals surface area contributed by atoms with E-state index in [1.807, 2.05) is 42.5 Å². The van der Waals surface area contributed by atoms with Crippen LogP contribution in [-0.4, -0.2) is 11.3 Å². The van der Waals surface area contributed by atoms with Crippen LogP contribution in [0.15, 0.2) is 60.7 Å². The van der Waals surface area contributed by atoms with Crippen molar-refractivity contribution in [3.63, 3.8) is 0 Å². The number of phenols is 1. The maximum Gasteiger partial charge on any atom is 0.116 e.